The molecule has 3 rings (SSSR count). The Labute approximate surface area is 284 Å². The normalized spacial score (nSPS) is 18.2. The van der Waals surface area contributed by atoms with Crippen LogP contribution in [0.4, 0.5) is 0 Å². The SMILES string of the molecule is C=CCO[C@@H]1C[C@H](NC[C@@H](O)[C@H](Cc2cc(Cl)cc(Cl)c2)NC(=O)[C@H](CC=C)N(C)C(=O)[C@@H](C)CCCC)c2cc(OC)ccc21. The quantitative estimate of drug-likeness (QED) is 0.145. The standard InChI is InChI=1S/C36H49Cl2N3O5/c1-7-10-12-23(4)36(44)41(5)32(11-8-2)35(43)40-31(18-24-16-25(37)19-26(38)17-24)33(42)22-39-30-21-34(46-15-9-3)28-14-13-27(45-6)20-29(28)30/h8-9,13-14,16-17,19-20,23,30-34,39,42H,2-3,7,10-12,15,18,21-22H2,1,4-6H3,(H,40,43)/t23-,30-,31-,32-,33+,34+/m0/s1. The van der Waals surface area contributed by atoms with Crippen LogP contribution in [0.5, 0.6) is 5.75 Å². The number of halogens is 2. The van der Waals surface area contributed by atoms with Gasteiger partial charge in [0, 0.05) is 35.6 Å². The summed E-state index contributed by atoms with van der Waals surface area (Å²) in [6.07, 6.45) is 6.08. The van der Waals surface area contributed by atoms with Crippen molar-refractivity contribution in [1.29, 1.82) is 0 Å². The number of hydrogen-bond acceptors (Lipinski definition) is 6. The van der Waals surface area contributed by atoms with Crippen molar-refractivity contribution in [3.8, 4) is 5.75 Å². The molecule has 10 heteroatoms. The van der Waals surface area contributed by atoms with Crippen molar-refractivity contribution >= 4 is 35.0 Å². The number of benzene rings is 2. The molecular weight excluding hydrogens is 625 g/mol. The monoisotopic (exact) mass is 673 g/mol. The van der Waals surface area contributed by atoms with Crippen LogP contribution in [-0.2, 0) is 20.7 Å². The van der Waals surface area contributed by atoms with Crippen LogP contribution >= 0.6 is 23.2 Å². The van der Waals surface area contributed by atoms with Gasteiger partial charge in [-0.05, 0) is 72.7 Å². The Hall–Kier alpha value is -2.88. The molecule has 2 aromatic carbocycles. The molecule has 1 aliphatic carbocycles. The van der Waals surface area contributed by atoms with Gasteiger partial charge in [-0.3, -0.25) is 9.59 Å². The maximum Gasteiger partial charge on any atom is 0.243 e. The third-order valence-corrected chi connectivity index (χ3v) is 8.98. The van der Waals surface area contributed by atoms with Crippen LogP contribution in [0, 0.1) is 5.92 Å². The number of carbonyl (C=O) groups excluding carboxylic acids is 2. The van der Waals surface area contributed by atoms with Gasteiger partial charge in [0.1, 0.15) is 11.8 Å². The number of carbonyl (C=O) groups is 2. The first kappa shape index (κ1) is 37.6. The predicted octanol–water partition coefficient (Wildman–Crippen LogP) is 6.60. The molecule has 0 heterocycles. The van der Waals surface area contributed by atoms with Gasteiger partial charge in [0.15, 0.2) is 0 Å². The molecule has 0 unspecified atom stereocenters. The van der Waals surface area contributed by atoms with Gasteiger partial charge in [0.05, 0.1) is 32.0 Å². The molecule has 0 radical (unpaired) electrons. The van der Waals surface area contributed by atoms with Crippen LogP contribution in [-0.4, -0.2) is 67.3 Å². The van der Waals surface area contributed by atoms with Crippen LogP contribution < -0.4 is 15.4 Å². The lowest BCUT2D eigenvalue weighted by atomic mass is 9.98. The number of hydrogen-bond donors (Lipinski definition) is 3. The largest absolute Gasteiger partial charge is 0.497 e. The molecule has 0 aromatic heterocycles. The molecule has 0 spiro atoms. The molecule has 6 atom stereocenters. The molecule has 46 heavy (non-hydrogen) atoms. The maximum absolute atomic E-state index is 13.8. The Morgan fingerprint density at radius 1 is 1.13 bits per heavy atom. The molecule has 0 bridgehead atoms. The summed E-state index contributed by atoms with van der Waals surface area (Å²) in [7, 11) is 3.28. The highest BCUT2D eigenvalue weighted by molar-refractivity contribution is 6.34. The van der Waals surface area contributed by atoms with Crippen molar-refractivity contribution in [2.75, 3.05) is 27.3 Å². The molecule has 8 nitrogen and oxygen atoms in total. The average molecular weight is 675 g/mol. The molecule has 1 aliphatic rings. The molecule has 0 aliphatic heterocycles. The predicted molar refractivity (Wildman–Crippen MR) is 185 cm³/mol. The molecule has 2 amide bonds. The van der Waals surface area contributed by atoms with E-state index in [0.717, 1.165) is 41.7 Å². The summed E-state index contributed by atoms with van der Waals surface area (Å²) < 4.78 is 11.5. The number of rotatable bonds is 19. The smallest absolute Gasteiger partial charge is 0.243 e. The number of fused-ring (bicyclic) bond motifs is 1. The molecule has 252 valence electrons. The van der Waals surface area contributed by atoms with E-state index in [9.17, 15) is 14.7 Å². The van der Waals surface area contributed by atoms with Gasteiger partial charge in [-0.25, -0.2) is 0 Å². The van der Waals surface area contributed by atoms with Gasteiger partial charge in [-0.15, -0.1) is 13.2 Å². The molecule has 2 aromatic rings. The zero-order chi connectivity index (χ0) is 33.8. The van der Waals surface area contributed by atoms with Crippen molar-refractivity contribution in [2.24, 2.45) is 5.92 Å². The van der Waals surface area contributed by atoms with E-state index in [-0.39, 0.29) is 49.3 Å². The van der Waals surface area contributed by atoms with Gasteiger partial charge < -0.3 is 30.1 Å². The van der Waals surface area contributed by atoms with E-state index in [2.05, 4.69) is 30.7 Å². The number of ether oxygens (including phenoxy) is 2. The van der Waals surface area contributed by atoms with E-state index in [1.54, 1.807) is 44.5 Å². The van der Waals surface area contributed by atoms with E-state index >= 15 is 0 Å². The summed E-state index contributed by atoms with van der Waals surface area (Å²) >= 11 is 12.6. The Balaban J connectivity index is 1.82. The summed E-state index contributed by atoms with van der Waals surface area (Å²) in [5.41, 5.74) is 2.85. The van der Waals surface area contributed by atoms with Crippen molar-refractivity contribution < 1.29 is 24.2 Å². The third-order valence-electron chi connectivity index (χ3n) is 8.54. The zero-order valence-corrected chi connectivity index (χ0v) is 28.9. The Bertz CT molecular complexity index is 1320. The second-order valence-electron chi connectivity index (χ2n) is 12.0. The second kappa shape index (κ2) is 18.5. The van der Waals surface area contributed by atoms with Gasteiger partial charge in [0.2, 0.25) is 11.8 Å². The van der Waals surface area contributed by atoms with Gasteiger partial charge >= 0.3 is 0 Å². The second-order valence-corrected chi connectivity index (χ2v) is 12.9. The summed E-state index contributed by atoms with van der Waals surface area (Å²) in [5.74, 6) is 0.0506. The van der Waals surface area contributed by atoms with Crippen molar-refractivity contribution in [3.05, 3.63) is 88.4 Å². The van der Waals surface area contributed by atoms with Crippen LogP contribution in [0.25, 0.3) is 0 Å². The van der Waals surface area contributed by atoms with Gasteiger partial charge in [-0.1, -0.05) is 68.1 Å². The fraction of sp³-hybridized carbons (Fsp3) is 0.500. The summed E-state index contributed by atoms with van der Waals surface area (Å²) in [4.78, 5) is 28.6. The highest BCUT2D eigenvalue weighted by Crippen LogP contribution is 2.42. The molecular formula is C36H49Cl2N3O5. The fourth-order valence-electron chi connectivity index (χ4n) is 5.96. The van der Waals surface area contributed by atoms with E-state index < -0.39 is 18.2 Å². The number of likely N-dealkylation sites (N-methyl/N-ethyl adjacent to an activating group) is 1. The number of nitrogens with one attached hydrogen (secondary N) is 2. The number of aliphatic hydroxyl groups excluding tert-OH is 1. The number of unbranched alkanes of at least 4 members (excludes halogenated alkanes) is 1. The first-order valence-electron chi connectivity index (χ1n) is 16.0. The van der Waals surface area contributed by atoms with E-state index in [0.29, 0.717) is 23.1 Å². The first-order chi connectivity index (χ1) is 22.0. The first-order valence-corrected chi connectivity index (χ1v) is 16.7. The number of amides is 2. The number of nitrogens with zero attached hydrogens (tertiary/aromatic N) is 1. The van der Waals surface area contributed by atoms with Crippen molar-refractivity contribution in [2.45, 2.75) is 82.7 Å². The van der Waals surface area contributed by atoms with Crippen LogP contribution in [0.15, 0.2) is 61.7 Å². The molecule has 3 N–H and O–H groups in total. The average Bonchev–Trinajstić information content (AvgIpc) is 3.38. The Morgan fingerprint density at radius 2 is 1.85 bits per heavy atom. The van der Waals surface area contributed by atoms with E-state index in [1.165, 1.54) is 4.90 Å². The number of methoxy groups -OCH3 is 1. The van der Waals surface area contributed by atoms with Crippen molar-refractivity contribution in [3.63, 3.8) is 0 Å². The summed E-state index contributed by atoms with van der Waals surface area (Å²) in [6.45, 7) is 12.1. The lowest BCUT2D eigenvalue weighted by Gasteiger charge is -2.32. The van der Waals surface area contributed by atoms with Gasteiger partial charge in [-0.2, -0.15) is 0 Å². The molecule has 0 fully saturated rings. The number of aliphatic hydroxyl groups is 1. The lowest BCUT2D eigenvalue weighted by Crippen LogP contribution is -2.55. The molecule has 0 saturated heterocycles. The topological polar surface area (TPSA) is 100 Å². The minimum atomic E-state index is -1.00. The third kappa shape index (κ3) is 10.3. The lowest BCUT2D eigenvalue weighted by molar-refractivity contribution is -0.142. The van der Waals surface area contributed by atoms with Crippen LogP contribution in [0.1, 0.15) is 74.8 Å². The minimum absolute atomic E-state index is 0.0978. The van der Waals surface area contributed by atoms with Gasteiger partial charge in [0.25, 0.3) is 0 Å². The zero-order valence-electron chi connectivity index (χ0n) is 27.4. The Morgan fingerprint density at radius 3 is 2.48 bits per heavy atom. The van der Waals surface area contributed by atoms with Crippen LogP contribution in [0.3, 0.4) is 0 Å². The summed E-state index contributed by atoms with van der Waals surface area (Å²) in [5, 5.41) is 19.1. The van der Waals surface area contributed by atoms with E-state index in [1.807, 2.05) is 25.1 Å². The minimum Gasteiger partial charge on any atom is -0.497 e. The van der Waals surface area contributed by atoms with Crippen molar-refractivity contribution in [1.82, 2.24) is 15.5 Å². The highest BCUT2D eigenvalue weighted by Gasteiger charge is 2.34. The highest BCUT2D eigenvalue weighted by atomic mass is 35.5. The molecule has 0 saturated carbocycles. The maximum atomic E-state index is 13.8. The summed E-state index contributed by atoms with van der Waals surface area (Å²) in [6, 6.07) is 9.44. The van der Waals surface area contributed by atoms with Crippen LogP contribution in [0.2, 0.25) is 10.0 Å². The Kier molecular flexibility index (Phi) is 15.1. The van der Waals surface area contributed by atoms with E-state index in [4.69, 9.17) is 32.7 Å². The fourth-order valence-corrected chi connectivity index (χ4v) is 6.53.